The van der Waals surface area contributed by atoms with Gasteiger partial charge in [-0.1, -0.05) is 0 Å². The molecule has 1 aliphatic heterocycles. The van der Waals surface area contributed by atoms with Gasteiger partial charge in [0.25, 0.3) is 11.8 Å². The van der Waals surface area contributed by atoms with Crippen molar-refractivity contribution >= 4 is 17.7 Å². The van der Waals surface area contributed by atoms with Crippen LogP contribution in [0.5, 0.6) is 0 Å². The molecule has 0 radical (unpaired) electrons. The van der Waals surface area contributed by atoms with Crippen LogP contribution in [0.2, 0.25) is 0 Å². The molecule has 1 aromatic carbocycles. The Labute approximate surface area is 155 Å². The molecule has 0 bridgehead atoms. The zero-order chi connectivity index (χ0) is 19.2. The van der Waals surface area contributed by atoms with Crippen LogP contribution in [-0.2, 0) is 4.79 Å². The second-order valence-corrected chi connectivity index (χ2v) is 6.19. The summed E-state index contributed by atoms with van der Waals surface area (Å²) in [6.07, 6.45) is 2.74. The molecule has 1 saturated heterocycles. The van der Waals surface area contributed by atoms with Crippen LogP contribution in [0.15, 0.2) is 47.1 Å². The smallest absolute Gasteiger partial charge is 0.290 e. The fourth-order valence-electron chi connectivity index (χ4n) is 3.01. The standard InChI is InChI=1S/C19H20FN3O4/c20-14-7-5-13(6-8-14)17(24)21-9-10-22-18(25)15-3-1-11-23(15)19(26)16-4-2-12-27-16/h2,4-8,12,15H,1,3,9-11H2,(H,21,24)(H,22,25)/t15-/m1/s1. The van der Waals surface area contributed by atoms with Crippen LogP contribution in [0.4, 0.5) is 4.39 Å². The molecule has 0 saturated carbocycles. The first kappa shape index (κ1) is 18.6. The van der Waals surface area contributed by atoms with Crippen LogP contribution in [-0.4, -0.2) is 48.3 Å². The molecule has 1 aromatic heterocycles. The SMILES string of the molecule is O=C(NCCNC(=O)[C@H]1CCCN1C(=O)c1ccco1)c1ccc(F)cc1. The lowest BCUT2D eigenvalue weighted by Crippen LogP contribution is -2.47. The Morgan fingerprint density at radius 3 is 2.56 bits per heavy atom. The lowest BCUT2D eigenvalue weighted by atomic mass is 10.2. The molecule has 1 aliphatic rings. The Morgan fingerprint density at radius 1 is 1.11 bits per heavy atom. The summed E-state index contributed by atoms with van der Waals surface area (Å²) in [7, 11) is 0. The molecule has 3 rings (SSSR count). The molecule has 142 valence electrons. The van der Waals surface area contributed by atoms with Gasteiger partial charge < -0.3 is 20.0 Å². The van der Waals surface area contributed by atoms with Crippen molar-refractivity contribution in [1.29, 1.82) is 0 Å². The lowest BCUT2D eigenvalue weighted by Gasteiger charge is -2.23. The number of rotatable bonds is 6. The Morgan fingerprint density at radius 2 is 1.85 bits per heavy atom. The van der Waals surface area contributed by atoms with Crippen LogP contribution >= 0.6 is 0 Å². The molecule has 3 amide bonds. The van der Waals surface area contributed by atoms with Crippen molar-refractivity contribution in [2.24, 2.45) is 0 Å². The van der Waals surface area contributed by atoms with Gasteiger partial charge in [0.2, 0.25) is 5.91 Å². The van der Waals surface area contributed by atoms with E-state index in [1.807, 2.05) is 0 Å². The first-order chi connectivity index (χ1) is 13.1. The van der Waals surface area contributed by atoms with E-state index in [1.54, 1.807) is 12.1 Å². The molecule has 8 heteroatoms. The summed E-state index contributed by atoms with van der Waals surface area (Å²) in [4.78, 5) is 38.2. The normalized spacial score (nSPS) is 16.2. The highest BCUT2D eigenvalue weighted by Crippen LogP contribution is 2.20. The van der Waals surface area contributed by atoms with Gasteiger partial charge >= 0.3 is 0 Å². The largest absolute Gasteiger partial charge is 0.459 e. The minimum atomic E-state index is -0.546. The number of likely N-dealkylation sites (tertiary alicyclic amines) is 1. The summed E-state index contributed by atoms with van der Waals surface area (Å²) < 4.78 is 18.0. The summed E-state index contributed by atoms with van der Waals surface area (Å²) in [5.41, 5.74) is 0.341. The van der Waals surface area contributed by atoms with Gasteiger partial charge in [0.15, 0.2) is 5.76 Å². The summed E-state index contributed by atoms with van der Waals surface area (Å²) in [6.45, 7) is 0.949. The van der Waals surface area contributed by atoms with Gasteiger partial charge in [-0.05, 0) is 49.2 Å². The summed E-state index contributed by atoms with van der Waals surface area (Å²) >= 11 is 0. The highest BCUT2D eigenvalue weighted by Gasteiger charge is 2.35. The first-order valence-corrected chi connectivity index (χ1v) is 8.72. The van der Waals surface area contributed by atoms with E-state index in [-0.39, 0.29) is 36.6 Å². The average Bonchev–Trinajstić information content (AvgIpc) is 3.36. The zero-order valence-corrected chi connectivity index (χ0v) is 14.6. The molecule has 1 atom stereocenters. The number of hydrogen-bond donors (Lipinski definition) is 2. The van der Waals surface area contributed by atoms with Crippen molar-refractivity contribution in [2.75, 3.05) is 19.6 Å². The number of carbonyl (C=O) groups is 3. The first-order valence-electron chi connectivity index (χ1n) is 8.72. The number of nitrogens with one attached hydrogen (secondary N) is 2. The van der Waals surface area contributed by atoms with Crippen molar-refractivity contribution in [3.8, 4) is 0 Å². The molecule has 27 heavy (non-hydrogen) atoms. The van der Waals surface area contributed by atoms with Crippen LogP contribution in [0.1, 0.15) is 33.8 Å². The second kappa shape index (κ2) is 8.48. The average molecular weight is 373 g/mol. The highest BCUT2D eigenvalue weighted by molar-refractivity contribution is 5.96. The van der Waals surface area contributed by atoms with Crippen LogP contribution in [0, 0.1) is 5.82 Å². The highest BCUT2D eigenvalue weighted by atomic mass is 19.1. The topological polar surface area (TPSA) is 91.7 Å². The van der Waals surface area contributed by atoms with Gasteiger partial charge in [0.1, 0.15) is 11.9 Å². The Hall–Kier alpha value is -3.16. The van der Waals surface area contributed by atoms with Gasteiger partial charge in [-0.25, -0.2) is 4.39 Å². The Kier molecular flexibility index (Phi) is 5.85. The summed E-state index contributed by atoms with van der Waals surface area (Å²) in [6, 6.07) is 7.85. The number of carbonyl (C=O) groups excluding carboxylic acids is 3. The number of amides is 3. The van der Waals surface area contributed by atoms with Gasteiger partial charge in [-0.15, -0.1) is 0 Å². The number of furan rings is 1. The third-order valence-electron chi connectivity index (χ3n) is 4.36. The quantitative estimate of drug-likeness (QED) is 0.752. The van der Waals surface area contributed by atoms with Gasteiger partial charge in [0, 0.05) is 25.2 Å². The number of benzene rings is 1. The van der Waals surface area contributed by atoms with Crippen molar-refractivity contribution in [2.45, 2.75) is 18.9 Å². The van der Waals surface area contributed by atoms with E-state index >= 15 is 0 Å². The van der Waals surface area contributed by atoms with E-state index in [1.165, 1.54) is 35.4 Å². The molecule has 0 spiro atoms. The Bertz CT molecular complexity index is 805. The van der Waals surface area contributed by atoms with Crippen molar-refractivity contribution in [3.63, 3.8) is 0 Å². The second-order valence-electron chi connectivity index (χ2n) is 6.19. The number of halogens is 1. The van der Waals surface area contributed by atoms with Crippen molar-refractivity contribution < 1.29 is 23.2 Å². The fourth-order valence-corrected chi connectivity index (χ4v) is 3.01. The van der Waals surface area contributed by atoms with E-state index in [4.69, 9.17) is 4.42 Å². The molecule has 1 fully saturated rings. The third kappa shape index (κ3) is 4.52. The molecule has 0 unspecified atom stereocenters. The maximum absolute atomic E-state index is 12.9. The van der Waals surface area contributed by atoms with E-state index < -0.39 is 11.9 Å². The maximum atomic E-state index is 12.9. The molecule has 2 heterocycles. The molecular weight excluding hydrogens is 353 g/mol. The number of nitrogens with zero attached hydrogens (tertiary/aromatic N) is 1. The Balaban J connectivity index is 1.45. The predicted octanol–water partition coefficient (Wildman–Crippen LogP) is 1.57. The monoisotopic (exact) mass is 373 g/mol. The summed E-state index contributed by atoms with van der Waals surface area (Å²) in [5.74, 6) is -1.12. The summed E-state index contributed by atoms with van der Waals surface area (Å²) in [5, 5.41) is 5.38. The van der Waals surface area contributed by atoms with Crippen molar-refractivity contribution in [3.05, 3.63) is 59.8 Å². The van der Waals surface area contributed by atoms with Gasteiger partial charge in [-0.2, -0.15) is 0 Å². The fraction of sp³-hybridized carbons (Fsp3) is 0.316. The van der Waals surface area contributed by atoms with E-state index in [0.29, 0.717) is 18.5 Å². The van der Waals surface area contributed by atoms with E-state index in [0.717, 1.165) is 6.42 Å². The van der Waals surface area contributed by atoms with Crippen LogP contribution in [0.25, 0.3) is 0 Å². The third-order valence-corrected chi connectivity index (χ3v) is 4.36. The van der Waals surface area contributed by atoms with Crippen LogP contribution < -0.4 is 10.6 Å². The maximum Gasteiger partial charge on any atom is 0.290 e. The van der Waals surface area contributed by atoms with Crippen LogP contribution in [0.3, 0.4) is 0 Å². The molecule has 0 aliphatic carbocycles. The van der Waals surface area contributed by atoms with Crippen molar-refractivity contribution in [1.82, 2.24) is 15.5 Å². The molecular formula is C19H20FN3O4. The van der Waals surface area contributed by atoms with E-state index in [2.05, 4.69) is 10.6 Å². The lowest BCUT2D eigenvalue weighted by molar-refractivity contribution is -0.124. The molecule has 2 aromatic rings. The van der Waals surface area contributed by atoms with Gasteiger partial charge in [-0.3, -0.25) is 14.4 Å². The minimum Gasteiger partial charge on any atom is -0.459 e. The minimum absolute atomic E-state index is 0.210. The molecule has 2 N–H and O–H groups in total. The van der Waals surface area contributed by atoms with E-state index in [9.17, 15) is 18.8 Å². The zero-order valence-electron chi connectivity index (χ0n) is 14.6. The number of hydrogen-bond acceptors (Lipinski definition) is 4. The predicted molar refractivity (Wildman–Crippen MR) is 94.5 cm³/mol. The molecule has 7 nitrogen and oxygen atoms in total. The van der Waals surface area contributed by atoms with Gasteiger partial charge in [0.05, 0.1) is 6.26 Å².